The predicted molar refractivity (Wildman–Crippen MR) is 51.8 cm³/mol. The molecule has 0 bridgehead atoms. The number of nitriles is 1. The fourth-order valence-electron chi connectivity index (χ4n) is 1.45. The van der Waals surface area contributed by atoms with Crippen LogP contribution in [-0.2, 0) is 4.79 Å². The maximum atomic E-state index is 11.4. The molecule has 0 aliphatic carbocycles. The Morgan fingerprint density at radius 1 is 1.77 bits per heavy atom. The number of carbonyl (C=O) groups excluding carboxylic acids is 1. The summed E-state index contributed by atoms with van der Waals surface area (Å²) in [4.78, 5) is 13.2. The van der Waals surface area contributed by atoms with Gasteiger partial charge in [-0.25, -0.2) is 0 Å². The van der Waals surface area contributed by atoms with Gasteiger partial charge in [0.25, 0.3) is 0 Å². The lowest BCUT2D eigenvalue weighted by Gasteiger charge is -2.18. The molecule has 1 atom stereocenters. The van der Waals surface area contributed by atoms with Gasteiger partial charge in [0.1, 0.15) is 6.04 Å². The van der Waals surface area contributed by atoms with Crippen LogP contribution in [0.25, 0.3) is 0 Å². The van der Waals surface area contributed by atoms with E-state index >= 15 is 0 Å². The summed E-state index contributed by atoms with van der Waals surface area (Å²) < 4.78 is 0. The molecule has 0 saturated carbocycles. The number of nitrogens with two attached hydrogens (primary N) is 1. The second-order valence-corrected chi connectivity index (χ2v) is 3.54. The van der Waals surface area contributed by atoms with Crippen LogP contribution in [0.5, 0.6) is 0 Å². The van der Waals surface area contributed by atoms with Crippen LogP contribution in [0.3, 0.4) is 0 Å². The van der Waals surface area contributed by atoms with E-state index in [1.807, 2.05) is 0 Å². The normalized spacial score (nSPS) is 21.2. The van der Waals surface area contributed by atoms with Gasteiger partial charge in [-0.1, -0.05) is 12.2 Å². The summed E-state index contributed by atoms with van der Waals surface area (Å²) in [6.07, 6.45) is 1.73. The summed E-state index contributed by atoms with van der Waals surface area (Å²) >= 11 is 4.63. The Hall–Kier alpha value is -1.15. The van der Waals surface area contributed by atoms with Gasteiger partial charge in [-0.2, -0.15) is 5.26 Å². The van der Waals surface area contributed by atoms with E-state index in [-0.39, 0.29) is 23.4 Å². The van der Waals surface area contributed by atoms with Gasteiger partial charge < -0.3 is 10.6 Å². The monoisotopic (exact) mass is 197 g/mol. The Balaban J connectivity index is 2.56. The maximum Gasteiger partial charge on any atom is 0.230 e. The third kappa shape index (κ3) is 2.39. The van der Waals surface area contributed by atoms with Gasteiger partial charge in [0.15, 0.2) is 0 Å². The molecule has 0 radical (unpaired) electrons. The Bertz CT molecular complexity index is 271. The van der Waals surface area contributed by atoms with E-state index in [1.54, 1.807) is 4.90 Å². The van der Waals surface area contributed by atoms with E-state index in [4.69, 9.17) is 11.0 Å². The van der Waals surface area contributed by atoms with Gasteiger partial charge in [0.2, 0.25) is 5.91 Å². The highest BCUT2D eigenvalue weighted by atomic mass is 32.1. The number of hydrogen-bond donors (Lipinski definition) is 1. The van der Waals surface area contributed by atoms with Crippen LogP contribution in [0, 0.1) is 11.3 Å². The molecule has 1 aliphatic heterocycles. The molecular weight excluding hydrogens is 186 g/mol. The van der Waals surface area contributed by atoms with Crippen molar-refractivity contribution in [2.75, 3.05) is 6.54 Å². The quantitative estimate of drug-likeness (QED) is 0.641. The SMILES string of the molecule is N#CC1CCCN1C(=O)CC(N)=S. The van der Waals surface area contributed by atoms with Crippen molar-refractivity contribution in [3.8, 4) is 6.07 Å². The van der Waals surface area contributed by atoms with Crippen molar-refractivity contribution in [3.05, 3.63) is 0 Å². The minimum absolute atomic E-state index is 0.0769. The molecule has 1 amide bonds. The molecule has 1 fully saturated rings. The van der Waals surface area contributed by atoms with E-state index in [9.17, 15) is 4.79 Å². The first-order valence-electron chi connectivity index (χ1n) is 4.12. The minimum atomic E-state index is -0.276. The fraction of sp³-hybridized carbons (Fsp3) is 0.625. The Morgan fingerprint density at radius 2 is 2.46 bits per heavy atom. The Morgan fingerprint density at radius 3 is 3.00 bits per heavy atom. The molecule has 1 saturated heterocycles. The number of thiocarbonyl (C=S) groups is 1. The third-order valence-corrected chi connectivity index (χ3v) is 2.19. The maximum absolute atomic E-state index is 11.4. The lowest BCUT2D eigenvalue weighted by molar-refractivity contribution is -0.129. The smallest absolute Gasteiger partial charge is 0.230 e. The predicted octanol–water partition coefficient (Wildman–Crippen LogP) is 0.177. The van der Waals surface area contributed by atoms with Crippen LogP contribution in [0.4, 0.5) is 0 Å². The van der Waals surface area contributed by atoms with Crippen molar-refractivity contribution >= 4 is 23.1 Å². The molecule has 13 heavy (non-hydrogen) atoms. The number of likely N-dealkylation sites (tertiary alicyclic amines) is 1. The average Bonchev–Trinajstić information content (AvgIpc) is 2.49. The van der Waals surface area contributed by atoms with Gasteiger partial charge >= 0.3 is 0 Å². The first-order valence-corrected chi connectivity index (χ1v) is 4.53. The van der Waals surface area contributed by atoms with Crippen LogP contribution in [-0.4, -0.2) is 28.4 Å². The molecule has 1 heterocycles. The van der Waals surface area contributed by atoms with Gasteiger partial charge in [-0.3, -0.25) is 4.79 Å². The molecule has 1 unspecified atom stereocenters. The fourth-order valence-corrected chi connectivity index (χ4v) is 1.57. The standard InChI is InChI=1S/C8H11N3OS/c9-5-6-2-1-3-11(6)8(12)4-7(10)13/h6H,1-4H2,(H2,10,13). The number of carbonyl (C=O) groups is 1. The summed E-state index contributed by atoms with van der Waals surface area (Å²) in [7, 11) is 0. The Labute approximate surface area is 82.3 Å². The van der Waals surface area contributed by atoms with Crippen molar-refractivity contribution in [1.29, 1.82) is 5.26 Å². The minimum Gasteiger partial charge on any atom is -0.393 e. The van der Waals surface area contributed by atoms with Crippen LogP contribution in [0.1, 0.15) is 19.3 Å². The van der Waals surface area contributed by atoms with Crippen molar-refractivity contribution in [3.63, 3.8) is 0 Å². The van der Waals surface area contributed by atoms with Crippen LogP contribution < -0.4 is 5.73 Å². The van der Waals surface area contributed by atoms with Crippen molar-refractivity contribution in [2.45, 2.75) is 25.3 Å². The molecule has 4 nitrogen and oxygen atoms in total. The summed E-state index contributed by atoms with van der Waals surface area (Å²) in [6.45, 7) is 0.652. The molecule has 1 rings (SSSR count). The zero-order valence-corrected chi connectivity index (χ0v) is 8.01. The van der Waals surface area contributed by atoms with Crippen molar-refractivity contribution < 1.29 is 4.79 Å². The van der Waals surface area contributed by atoms with Crippen molar-refractivity contribution in [1.82, 2.24) is 4.90 Å². The van der Waals surface area contributed by atoms with E-state index in [0.717, 1.165) is 12.8 Å². The molecule has 70 valence electrons. The number of nitrogens with zero attached hydrogens (tertiary/aromatic N) is 2. The summed E-state index contributed by atoms with van der Waals surface area (Å²) in [5, 5.41) is 8.71. The molecule has 1 aliphatic rings. The van der Waals surface area contributed by atoms with Gasteiger partial charge in [-0.05, 0) is 12.8 Å². The molecule has 0 aromatic rings. The highest BCUT2D eigenvalue weighted by molar-refractivity contribution is 7.80. The molecule has 0 aromatic carbocycles. The van der Waals surface area contributed by atoms with Gasteiger partial charge in [-0.15, -0.1) is 0 Å². The molecule has 0 aromatic heterocycles. The second kappa shape index (κ2) is 4.19. The highest BCUT2D eigenvalue weighted by Gasteiger charge is 2.28. The first kappa shape index (κ1) is 9.93. The molecule has 5 heteroatoms. The highest BCUT2D eigenvalue weighted by Crippen LogP contribution is 2.17. The Kier molecular flexibility index (Phi) is 3.20. The average molecular weight is 197 g/mol. The summed E-state index contributed by atoms with van der Waals surface area (Å²) in [6, 6.07) is 1.81. The summed E-state index contributed by atoms with van der Waals surface area (Å²) in [5.74, 6) is -0.128. The van der Waals surface area contributed by atoms with Gasteiger partial charge in [0.05, 0.1) is 17.5 Å². The van der Waals surface area contributed by atoms with Gasteiger partial charge in [0, 0.05) is 6.54 Å². The number of amides is 1. The van der Waals surface area contributed by atoms with Crippen LogP contribution >= 0.6 is 12.2 Å². The first-order chi connectivity index (χ1) is 6.15. The van der Waals surface area contributed by atoms with E-state index in [0.29, 0.717) is 6.54 Å². The molecule has 0 spiro atoms. The zero-order chi connectivity index (χ0) is 9.84. The molecular formula is C8H11N3OS. The number of hydrogen-bond acceptors (Lipinski definition) is 3. The van der Waals surface area contributed by atoms with E-state index < -0.39 is 0 Å². The zero-order valence-electron chi connectivity index (χ0n) is 7.19. The number of rotatable bonds is 2. The van der Waals surface area contributed by atoms with E-state index in [1.165, 1.54) is 0 Å². The second-order valence-electron chi connectivity index (χ2n) is 3.02. The lowest BCUT2D eigenvalue weighted by Crippen LogP contribution is -2.36. The summed E-state index contributed by atoms with van der Waals surface area (Å²) in [5.41, 5.74) is 5.25. The molecule has 2 N–H and O–H groups in total. The largest absolute Gasteiger partial charge is 0.393 e. The topological polar surface area (TPSA) is 70.1 Å². The third-order valence-electron chi connectivity index (χ3n) is 2.05. The van der Waals surface area contributed by atoms with Crippen LogP contribution in [0.2, 0.25) is 0 Å². The van der Waals surface area contributed by atoms with Crippen LogP contribution in [0.15, 0.2) is 0 Å². The lowest BCUT2D eigenvalue weighted by atomic mass is 10.2. The van der Waals surface area contributed by atoms with Crippen molar-refractivity contribution in [2.24, 2.45) is 5.73 Å². The van der Waals surface area contributed by atoms with E-state index in [2.05, 4.69) is 18.3 Å².